The molecule has 3 aromatic carbocycles. The topological polar surface area (TPSA) is 37.4 Å². The second-order valence-corrected chi connectivity index (χ2v) is 11.2. The molecule has 3 saturated heterocycles. The number of piperidine rings is 3. The summed E-state index contributed by atoms with van der Waals surface area (Å²) in [7, 11) is 1.77. The first-order chi connectivity index (χ1) is 17.2. The fraction of sp³-hybridized carbons (Fsp3) is 0.367. The van der Waals surface area contributed by atoms with E-state index >= 15 is 0 Å². The highest BCUT2D eigenvalue weighted by Crippen LogP contribution is 2.42. The van der Waals surface area contributed by atoms with Gasteiger partial charge in [-0.25, -0.2) is 4.98 Å². The van der Waals surface area contributed by atoms with Gasteiger partial charge in [0.05, 0.1) is 22.3 Å². The van der Waals surface area contributed by atoms with Crippen LogP contribution in [-0.2, 0) is 6.54 Å². The number of hydrogen-bond acceptors (Lipinski definition) is 5. The summed E-state index contributed by atoms with van der Waals surface area (Å²) in [6, 6.07) is 27.4. The third-order valence-corrected chi connectivity index (χ3v) is 8.89. The number of nitrogens with zero attached hydrogens (tertiary/aromatic N) is 2. The number of rotatable bonds is 7. The molecule has 2 atom stereocenters. The van der Waals surface area contributed by atoms with Crippen LogP contribution in [0.3, 0.4) is 0 Å². The van der Waals surface area contributed by atoms with Crippen molar-refractivity contribution in [2.24, 2.45) is 5.92 Å². The number of aryl methyl sites for hydroxylation is 1. The minimum atomic E-state index is 0.337. The average Bonchev–Trinajstić information content (AvgIpc) is 3.28. The van der Waals surface area contributed by atoms with Crippen molar-refractivity contribution in [1.82, 2.24) is 15.2 Å². The molecule has 4 aromatic rings. The summed E-state index contributed by atoms with van der Waals surface area (Å²) in [5.74, 6) is 1.98. The summed E-state index contributed by atoms with van der Waals surface area (Å²) in [6.07, 6.45) is 2.54. The third-order valence-electron chi connectivity index (χ3n) is 7.96. The molecule has 0 aliphatic carbocycles. The summed E-state index contributed by atoms with van der Waals surface area (Å²) >= 11 is 1.73. The fourth-order valence-corrected chi connectivity index (χ4v) is 7.20. The van der Waals surface area contributed by atoms with E-state index in [4.69, 9.17) is 9.72 Å². The Kier molecular flexibility index (Phi) is 6.31. The standard InChI is InChI=1S/C30H33N3OS/c1-20-32-25-17-24(26(34-2)18-27(25)35-20)19-31-29-23-13-15-33(16-14-23)30(29)28(21-9-5-3-6-10-21)22-11-7-4-8-12-22/h3-12,17-18,23,28-31H,13-16,19H2,1-2H3/t29-,30-/m0/s1. The summed E-state index contributed by atoms with van der Waals surface area (Å²) in [5.41, 5.74) is 5.07. The Hall–Kier alpha value is -2.73. The minimum absolute atomic E-state index is 0.337. The van der Waals surface area contributed by atoms with Crippen molar-refractivity contribution in [2.45, 2.75) is 44.3 Å². The van der Waals surface area contributed by atoms with E-state index in [-0.39, 0.29) is 0 Å². The van der Waals surface area contributed by atoms with Crippen LogP contribution >= 0.6 is 11.3 Å². The van der Waals surface area contributed by atoms with Crippen molar-refractivity contribution in [3.05, 3.63) is 94.5 Å². The number of ether oxygens (including phenoxy) is 1. The lowest BCUT2D eigenvalue weighted by molar-refractivity contribution is 0.00462. The molecular weight excluding hydrogens is 450 g/mol. The second-order valence-electron chi connectivity index (χ2n) is 9.93. The predicted molar refractivity (Wildman–Crippen MR) is 144 cm³/mol. The zero-order chi connectivity index (χ0) is 23.8. The maximum absolute atomic E-state index is 5.81. The zero-order valence-electron chi connectivity index (χ0n) is 20.5. The molecule has 5 heteroatoms. The van der Waals surface area contributed by atoms with Gasteiger partial charge in [-0.3, -0.25) is 4.90 Å². The van der Waals surface area contributed by atoms with E-state index in [1.807, 2.05) is 0 Å². The molecule has 0 spiro atoms. The van der Waals surface area contributed by atoms with Crippen LogP contribution in [0, 0.1) is 12.8 Å². The average molecular weight is 484 g/mol. The highest BCUT2D eigenvalue weighted by molar-refractivity contribution is 7.18. The minimum Gasteiger partial charge on any atom is -0.496 e. The maximum atomic E-state index is 5.81. The van der Waals surface area contributed by atoms with E-state index in [1.54, 1.807) is 18.4 Å². The number of aromatic nitrogens is 1. The predicted octanol–water partition coefficient (Wildman–Crippen LogP) is 6.00. The molecule has 0 unspecified atom stereocenters. The SMILES string of the molecule is COc1cc2sc(C)nc2cc1CN[C@H]1C2CCN(CC2)[C@H]1C(c1ccccc1)c1ccccc1. The lowest BCUT2D eigenvalue weighted by atomic mass is 9.70. The van der Waals surface area contributed by atoms with Crippen LogP contribution in [0.2, 0.25) is 0 Å². The van der Waals surface area contributed by atoms with Gasteiger partial charge in [-0.05, 0) is 62.0 Å². The van der Waals surface area contributed by atoms with Crippen LogP contribution < -0.4 is 10.1 Å². The Labute approximate surface area is 212 Å². The van der Waals surface area contributed by atoms with Gasteiger partial charge >= 0.3 is 0 Å². The van der Waals surface area contributed by atoms with Gasteiger partial charge in [-0.2, -0.15) is 0 Å². The van der Waals surface area contributed by atoms with Crippen molar-refractivity contribution < 1.29 is 4.74 Å². The van der Waals surface area contributed by atoms with Crippen LogP contribution in [0.1, 0.15) is 40.5 Å². The number of benzene rings is 3. The van der Waals surface area contributed by atoms with Gasteiger partial charge in [-0.1, -0.05) is 60.7 Å². The van der Waals surface area contributed by atoms with Crippen molar-refractivity contribution in [3.63, 3.8) is 0 Å². The molecule has 2 bridgehead atoms. The lowest BCUT2D eigenvalue weighted by Crippen LogP contribution is -2.64. The van der Waals surface area contributed by atoms with Crippen LogP contribution in [0.25, 0.3) is 10.2 Å². The van der Waals surface area contributed by atoms with Crippen LogP contribution in [0.5, 0.6) is 5.75 Å². The molecule has 35 heavy (non-hydrogen) atoms. The molecule has 7 rings (SSSR count). The van der Waals surface area contributed by atoms with Gasteiger partial charge in [-0.15, -0.1) is 11.3 Å². The number of nitrogens with one attached hydrogen (secondary N) is 1. The molecule has 4 heterocycles. The highest BCUT2D eigenvalue weighted by Gasteiger charge is 2.46. The van der Waals surface area contributed by atoms with Crippen LogP contribution in [-0.4, -0.2) is 42.2 Å². The maximum Gasteiger partial charge on any atom is 0.124 e. The second kappa shape index (κ2) is 9.73. The van der Waals surface area contributed by atoms with E-state index in [1.165, 1.54) is 47.3 Å². The van der Waals surface area contributed by atoms with Gasteiger partial charge in [0.2, 0.25) is 0 Å². The Bertz CT molecular complexity index is 1240. The summed E-state index contributed by atoms with van der Waals surface area (Å²) in [6.45, 7) is 5.24. The molecule has 3 aliphatic heterocycles. The molecule has 3 fully saturated rings. The van der Waals surface area contributed by atoms with Gasteiger partial charge < -0.3 is 10.1 Å². The van der Waals surface area contributed by atoms with Gasteiger partial charge in [0.15, 0.2) is 0 Å². The summed E-state index contributed by atoms with van der Waals surface area (Å²) < 4.78 is 7.00. The van der Waals surface area contributed by atoms with Crippen molar-refractivity contribution >= 4 is 21.6 Å². The number of hydrogen-bond donors (Lipinski definition) is 1. The largest absolute Gasteiger partial charge is 0.496 e. The molecule has 0 amide bonds. The molecule has 1 N–H and O–H groups in total. The number of fused-ring (bicyclic) bond motifs is 4. The third kappa shape index (κ3) is 4.37. The first kappa shape index (κ1) is 22.7. The van der Waals surface area contributed by atoms with Crippen molar-refractivity contribution in [3.8, 4) is 5.75 Å². The first-order valence-corrected chi connectivity index (χ1v) is 13.5. The molecule has 3 aliphatic rings. The van der Waals surface area contributed by atoms with Crippen molar-refractivity contribution in [2.75, 3.05) is 20.2 Å². The van der Waals surface area contributed by atoms with Crippen molar-refractivity contribution in [1.29, 1.82) is 0 Å². The Morgan fingerprint density at radius 2 is 1.66 bits per heavy atom. The smallest absolute Gasteiger partial charge is 0.124 e. The summed E-state index contributed by atoms with van der Waals surface area (Å²) in [5, 5.41) is 5.14. The molecule has 0 saturated carbocycles. The van der Waals surface area contributed by atoms with Gasteiger partial charge in [0.25, 0.3) is 0 Å². The number of methoxy groups -OCH3 is 1. The van der Waals surface area contributed by atoms with Gasteiger partial charge in [0, 0.05) is 30.1 Å². The molecule has 180 valence electrons. The molecule has 0 radical (unpaired) electrons. The van der Waals surface area contributed by atoms with E-state index in [0.717, 1.165) is 22.8 Å². The monoisotopic (exact) mass is 483 g/mol. The Morgan fingerprint density at radius 1 is 1.00 bits per heavy atom. The van der Waals surface area contributed by atoms with E-state index < -0.39 is 0 Å². The Morgan fingerprint density at radius 3 is 2.29 bits per heavy atom. The lowest BCUT2D eigenvalue weighted by Gasteiger charge is -2.54. The quantitative estimate of drug-likeness (QED) is 0.350. The Balaban J connectivity index is 1.35. The molecule has 1 aromatic heterocycles. The summed E-state index contributed by atoms with van der Waals surface area (Å²) in [4.78, 5) is 7.47. The van der Waals surface area contributed by atoms with E-state index in [0.29, 0.717) is 23.9 Å². The van der Waals surface area contributed by atoms with Crippen LogP contribution in [0.4, 0.5) is 0 Å². The van der Waals surface area contributed by atoms with E-state index in [2.05, 4.69) is 89.9 Å². The number of thiazole rings is 1. The first-order valence-electron chi connectivity index (χ1n) is 12.7. The zero-order valence-corrected chi connectivity index (χ0v) is 21.3. The highest BCUT2D eigenvalue weighted by atomic mass is 32.1. The normalized spacial score (nSPS) is 23.7. The van der Waals surface area contributed by atoms with E-state index in [9.17, 15) is 0 Å². The molecular formula is C30H33N3OS. The van der Waals surface area contributed by atoms with Crippen LogP contribution in [0.15, 0.2) is 72.8 Å². The van der Waals surface area contributed by atoms with Gasteiger partial charge in [0.1, 0.15) is 5.75 Å². The fourth-order valence-electron chi connectivity index (χ4n) is 6.37. The molecule has 4 nitrogen and oxygen atoms in total.